The molecule has 1 aliphatic carbocycles. The molecule has 0 radical (unpaired) electrons. The van der Waals surface area contributed by atoms with Gasteiger partial charge in [-0.1, -0.05) is 23.2 Å². The number of halogens is 2. The van der Waals surface area contributed by atoms with Crippen molar-refractivity contribution in [3.63, 3.8) is 0 Å². The van der Waals surface area contributed by atoms with E-state index < -0.39 is 11.8 Å². The number of aromatic nitrogens is 4. The van der Waals surface area contributed by atoms with E-state index in [-0.39, 0.29) is 12.5 Å². The first-order chi connectivity index (χ1) is 17.1. The molecular formula is C25H29Cl2N5O3S. The number of aryl methyl sites for hydroxylation is 1. The van der Waals surface area contributed by atoms with Crippen LogP contribution in [0.1, 0.15) is 86.2 Å². The van der Waals surface area contributed by atoms with Crippen LogP contribution in [0.3, 0.4) is 0 Å². The van der Waals surface area contributed by atoms with Gasteiger partial charge in [0.2, 0.25) is 0 Å². The highest BCUT2D eigenvalue weighted by Gasteiger charge is 2.33. The third-order valence-corrected chi connectivity index (χ3v) is 8.34. The Labute approximate surface area is 224 Å². The van der Waals surface area contributed by atoms with Gasteiger partial charge in [0.15, 0.2) is 5.82 Å². The number of benzene rings is 1. The molecule has 3 heterocycles. The van der Waals surface area contributed by atoms with Crippen molar-refractivity contribution in [2.24, 2.45) is 0 Å². The number of nitrogens with zero attached hydrogens (tertiary/aromatic N) is 5. The predicted molar refractivity (Wildman–Crippen MR) is 139 cm³/mol. The van der Waals surface area contributed by atoms with Crippen molar-refractivity contribution >= 4 is 40.7 Å². The second-order valence-electron chi connectivity index (χ2n) is 10.4. The molecule has 0 atom stereocenters. The lowest BCUT2D eigenvalue weighted by Gasteiger charge is -2.27. The average Bonchev–Trinajstić information content (AvgIpc) is 3.31. The number of fused-ring (bicyclic) bond motifs is 3. The maximum atomic E-state index is 12.4. The van der Waals surface area contributed by atoms with E-state index in [2.05, 4.69) is 19.7 Å². The lowest BCUT2D eigenvalue weighted by atomic mass is 9.82. The Morgan fingerprint density at radius 2 is 1.81 bits per heavy atom. The molecule has 1 fully saturated rings. The van der Waals surface area contributed by atoms with Crippen LogP contribution in [0.15, 0.2) is 18.2 Å². The van der Waals surface area contributed by atoms with Gasteiger partial charge in [-0.3, -0.25) is 4.57 Å². The fourth-order valence-electron chi connectivity index (χ4n) is 4.87. The summed E-state index contributed by atoms with van der Waals surface area (Å²) in [6, 6.07) is 5.74. The van der Waals surface area contributed by atoms with Crippen LogP contribution in [-0.4, -0.2) is 36.6 Å². The third kappa shape index (κ3) is 5.39. The Morgan fingerprint density at radius 1 is 1.08 bits per heavy atom. The summed E-state index contributed by atoms with van der Waals surface area (Å²) in [7, 11) is 0. The molecule has 2 aliphatic rings. The number of ether oxygens (including phenoxy) is 1. The van der Waals surface area contributed by atoms with Crippen LogP contribution in [0.5, 0.6) is 0 Å². The van der Waals surface area contributed by atoms with E-state index in [0.29, 0.717) is 23.3 Å². The summed E-state index contributed by atoms with van der Waals surface area (Å²) in [5, 5.41) is 12.4. The van der Waals surface area contributed by atoms with E-state index in [1.807, 2.05) is 25.1 Å². The van der Waals surface area contributed by atoms with E-state index >= 15 is 0 Å². The summed E-state index contributed by atoms with van der Waals surface area (Å²) in [5.74, 6) is 2.33. The van der Waals surface area contributed by atoms with E-state index in [0.717, 1.165) is 57.8 Å². The average molecular weight is 551 g/mol. The van der Waals surface area contributed by atoms with E-state index in [1.165, 1.54) is 0 Å². The van der Waals surface area contributed by atoms with E-state index in [4.69, 9.17) is 32.8 Å². The zero-order valence-corrected chi connectivity index (χ0v) is 23.1. The molecule has 1 aliphatic heterocycles. The first kappa shape index (κ1) is 25.4. The van der Waals surface area contributed by atoms with Crippen LogP contribution in [0.4, 0.5) is 4.79 Å². The Morgan fingerprint density at radius 3 is 2.47 bits per heavy atom. The summed E-state index contributed by atoms with van der Waals surface area (Å²) in [6.45, 7) is 7.99. The molecule has 11 heteroatoms. The molecule has 3 aromatic rings. The topological polar surface area (TPSA) is 82.4 Å². The van der Waals surface area contributed by atoms with Crippen molar-refractivity contribution in [2.45, 2.75) is 83.9 Å². The molecule has 1 saturated carbocycles. The van der Waals surface area contributed by atoms with Crippen LogP contribution in [0, 0.1) is 6.92 Å². The molecule has 192 valence electrons. The highest BCUT2D eigenvalue weighted by molar-refractivity contribution is 7.16. The van der Waals surface area contributed by atoms with Gasteiger partial charge in [0.05, 0.1) is 29.5 Å². The highest BCUT2D eigenvalue weighted by atomic mass is 35.5. The van der Waals surface area contributed by atoms with E-state index in [1.54, 1.807) is 37.2 Å². The number of carbonyl (C=O) groups excluding carboxylic acids is 1. The number of rotatable bonds is 3. The van der Waals surface area contributed by atoms with Gasteiger partial charge in [-0.15, -0.1) is 26.6 Å². The quantitative estimate of drug-likeness (QED) is 0.326. The molecule has 8 nitrogen and oxygen atoms in total. The minimum Gasteiger partial charge on any atom is -0.427 e. The Hall–Kier alpha value is -2.20. The standard InChI is InChI=1S/C25H29Cl2N5O3S/c1-14-21(27)36-23(28-14)16-7-5-15(6-8-16)22-30-29-20-13-31(35-24(33)34-25(2,3)4)12-17-11-18(26)9-10-19(17)32(20)22/h9-11,15-16H,5-8,12-13H2,1-4H3. The first-order valence-electron chi connectivity index (χ1n) is 12.1. The molecule has 0 bridgehead atoms. The number of hydrogen-bond donors (Lipinski definition) is 0. The molecule has 0 saturated heterocycles. The van der Waals surface area contributed by atoms with Gasteiger partial charge < -0.3 is 9.57 Å². The van der Waals surface area contributed by atoms with E-state index in [9.17, 15) is 4.79 Å². The number of carbonyl (C=O) groups is 1. The van der Waals surface area contributed by atoms with Gasteiger partial charge in [0.25, 0.3) is 0 Å². The molecule has 0 unspecified atom stereocenters. The molecule has 0 spiro atoms. The van der Waals surface area contributed by atoms with Crippen LogP contribution in [-0.2, 0) is 22.7 Å². The lowest BCUT2D eigenvalue weighted by molar-refractivity contribution is -0.155. The molecule has 0 N–H and O–H groups in total. The van der Waals surface area contributed by atoms with Crippen molar-refractivity contribution in [1.82, 2.24) is 24.8 Å². The second kappa shape index (κ2) is 9.93. The maximum absolute atomic E-state index is 12.4. The Kier molecular flexibility index (Phi) is 7.02. The summed E-state index contributed by atoms with van der Waals surface area (Å²) in [6.07, 6.45) is 3.27. The molecular weight excluding hydrogens is 521 g/mol. The minimum atomic E-state index is -0.755. The SMILES string of the molecule is Cc1nc(C2CCC(c3nnc4n3-c3ccc(Cl)cc3CN(OC(=O)OC(C)(C)C)C4)CC2)sc1Cl. The smallest absolute Gasteiger partial charge is 0.427 e. The predicted octanol–water partition coefficient (Wildman–Crippen LogP) is 6.96. The van der Waals surface area contributed by atoms with Crippen molar-refractivity contribution in [3.05, 3.63) is 55.5 Å². The normalized spacial score (nSPS) is 20.4. The molecule has 0 amide bonds. The van der Waals surface area contributed by atoms with Gasteiger partial charge >= 0.3 is 6.16 Å². The summed E-state index contributed by atoms with van der Waals surface area (Å²) >= 11 is 14.2. The summed E-state index contributed by atoms with van der Waals surface area (Å²) in [4.78, 5) is 22.6. The van der Waals surface area contributed by atoms with Crippen LogP contribution in [0.2, 0.25) is 9.36 Å². The number of hydrogen-bond acceptors (Lipinski definition) is 8. The lowest BCUT2D eigenvalue weighted by Crippen LogP contribution is -2.31. The van der Waals surface area contributed by atoms with Crippen molar-refractivity contribution in [3.8, 4) is 5.69 Å². The largest absolute Gasteiger partial charge is 0.528 e. The Bertz CT molecular complexity index is 1260. The van der Waals surface area contributed by atoms with Gasteiger partial charge in [-0.2, -0.15) is 0 Å². The fraction of sp³-hybridized carbons (Fsp3) is 0.520. The number of hydroxylamine groups is 2. The van der Waals surface area contributed by atoms with Crippen molar-refractivity contribution < 1.29 is 14.4 Å². The fourth-order valence-corrected chi connectivity index (χ4v) is 6.31. The second-order valence-corrected chi connectivity index (χ2v) is 12.5. The monoisotopic (exact) mass is 549 g/mol. The van der Waals surface area contributed by atoms with Crippen LogP contribution < -0.4 is 0 Å². The molecule has 36 heavy (non-hydrogen) atoms. The van der Waals surface area contributed by atoms with Crippen molar-refractivity contribution in [2.75, 3.05) is 0 Å². The van der Waals surface area contributed by atoms with Gasteiger partial charge in [0, 0.05) is 16.9 Å². The third-order valence-electron chi connectivity index (χ3n) is 6.49. The van der Waals surface area contributed by atoms with Crippen molar-refractivity contribution in [1.29, 1.82) is 0 Å². The van der Waals surface area contributed by atoms with Crippen LogP contribution in [0.25, 0.3) is 5.69 Å². The molecule has 5 rings (SSSR count). The summed E-state index contributed by atoms with van der Waals surface area (Å²) < 4.78 is 8.24. The van der Waals surface area contributed by atoms with Crippen LogP contribution >= 0.6 is 34.5 Å². The first-order valence-corrected chi connectivity index (χ1v) is 13.7. The summed E-state index contributed by atoms with van der Waals surface area (Å²) in [5.41, 5.74) is 2.13. The zero-order valence-electron chi connectivity index (χ0n) is 20.8. The Balaban J connectivity index is 1.40. The van der Waals surface area contributed by atoms with Gasteiger partial charge in [-0.25, -0.2) is 9.78 Å². The minimum absolute atomic E-state index is 0.265. The molecule has 2 aromatic heterocycles. The number of thiazole rings is 1. The molecule has 1 aromatic carbocycles. The zero-order chi connectivity index (χ0) is 25.6. The van der Waals surface area contributed by atoms with Gasteiger partial charge in [0.1, 0.15) is 15.8 Å². The van der Waals surface area contributed by atoms with Gasteiger partial charge in [-0.05, 0) is 77.1 Å². The maximum Gasteiger partial charge on any atom is 0.528 e. The highest BCUT2D eigenvalue weighted by Crippen LogP contribution is 2.43.